The van der Waals surface area contributed by atoms with Gasteiger partial charge in [-0.25, -0.2) is 0 Å². The van der Waals surface area contributed by atoms with E-state index < -0.39 is 23.9 Å². The minimum absolute atomic E-state index is 0.346. The molecule has 0 aliphatic carbocycles. The number of hydrogen-bond acceptors (Lipinski definition) is 3. The fraction of sp³-hybridized carbons (Fsp3) is 0.381. The van der Waals surface area contributed by atoms with Gasteiger partial charge in [-0.15, -0.1) is 0 Å². The number of halogens is 4. The molecular weight excluding hydrogens is 407 g/mol. The summed E-state index contributed by atoms with van der Waals surface area (Å²) in [5.41, 5.74) is -1.33. The number of rotatable bonds is 5. The summed E-state index contributed by atoms with van der Waals surface area (Å²) in [6.45, 7) is 2.40. The predicted molar refractivity (Wildman–Crippen MR) is 103 cm³/mol. The Morgan fingerprint density at radius 1 is 1.10 bits per heavy atom. The van der Waals surface area contributed by atoms with E-state index in [1.54, 1.807) is 29.2 Å². The summed E-state index contributed by atoms with van der Waals surface area (Å²) in [7, 11) is 0. The van der Waals surface area contributed by atoms with Gasteiger partial charge in [0.2, 0.25) is 0 Å². The predicted octanol–water partition coefficient (Wildman–Crippen LogP) is 5.20. The van der Waals surface area contributed by atoms with Crippen LogP contribution in [0.1, 0.15) is 25.3 Å². The average Bonchev–Trinajstić information content (AvgIpc) is 2.68. The third-order valence-corrected chi connectivity index (χ3v) is 5.15. The Balaban J connectivity index is 1.53. The lowest BCUT2D eigenvalue weighted by Gasteiger charge is -2.39. The minimum Gasteiger partial charge on any atom is -0.487 e. The number of hydrogen-bond donors (Lipinski definition) is 0. The zero-order chi connectivity index (χ0) is 21.1. The van der Waals surface area contributed by atoms with Gasteiger partial charge in [0.25, 0.3) is 5.91 Å². The fourth-order valence-electron chi connectivity index (χ4n) is 3.18. The molecule has 8 heteroatoms. The van der Waals surface area contributed by atoms with Gasteiger partial charge >= 0.3 is 6.18 Å². The summed E-state index contributed by atoms with van der Waals surface area (Å²) < 4.78 is 50.3. The van der Waals surface area contributed by atoms with Crippen LogP contribution in [0.5, 0.6) is 11.5 Å². The van der Waals surface area contributed by atoms with Crippen LogP contribution in [0.4, 0.5) is 13.2 Å². The number of amides is 1. The molecule has 1 aliphatic heterocycles. The van der Waals surface area contributed by atoms with Crippen LogP contribution in [0.15, 0.2) is 48.5 Å². The van der Waals surface area contributed by atoms with Crippen LogP contribution in [-0.2, 0) is 11.0 Å². The maximum atomic E-state index is 13.0. The van der Waals surface area contributed by atoms with E-state index in [9.17, 15) is 18.0 Å². The SMILES string of the molecule is CC1(Oc2ccc(Cl)cc2)CCN(C(=O)COc2ccccc2C(F)(F)F)CC1. The van der Waals surface area contributed by atoms with Crippen molar-refractivity contribution in [1.82, 2.24) is 4.90 Å². The molecule has 0 spiro atoms. The van der Waals surface area contributed by atoms with Gasteiger partial charge in [-0.1, -0.05) is 23.7 Å². The van der Waals surface area contributed by atoms with Gasteiger partial charge < -0.3 is 14.4 Å². The molecule has 0 radical (unpaired) electrons. The highest BCUT2D eigenvalue weighted by molar-refractivity contribution is 6.30. The van der Waals surface area contributed by atoms with Crippen LogP contribution in [-0.4, -0.2) is 36.1 Å². The quantitative estimate of drug-likeness (QED) is 0.658. The first kappa shape index (κ1) is 21.3. The minimum atomic E-state index is -4.54. The summed E-state index contributed by atoms with van der Waals surface area (Å²) in [5, 5.41) is 0.620. The highest BCUT2D eigenvalue weighted by Gasteiger charge is 2.36. The third-order valence-electron chi connectivity index (χ3n) is 4.90. The van der Waals surface area contributed by atoms with E-state index in [1.165, 1.54) is 18.2 Å². The number of carbonyl (C=O) groups excluding carboxylic acids is 1. The summed E-state index contributed by atoms with van der Waals surface area (Å²) in [6.07, 6.45) is -3.34. The second-order valence-electron chi connectivity index (χ2n) is 7.17. The van der Waals surface area contributed by atoms with Crippen LogP contribution in [0.2, 0.25) is 5.02 Å². The lowest BCUT2D eigenvalue weighted by molar-refractivity contribution is -0.142. The molecule has 1 aliphatic rings. The molecule has 1 amide bonds. The van der Waals surface area contributed by atoms with Crippen molar-refractivity contribution in [3.8, 4) is 11.5 Å². The summed E-state index contributed by atoms with van der Waals surface area (Å²) in [4.78, 5) is 14.0. The fourth-order valence-corrected chi connectivity index (χ4v) is 3.30. The normalized spacial score (nSPS) is 16.4. The molecule has 1 heterocycles. The molecule has 0 bridgehead atoms. The van der Waals surface area contributed by atoms with Gasteiger partial charge in [0.05, 0.1) is 5.56 Å². The molecule has 0 aromatic heterocycles. The number of carbonyl (C=O) groups is 1. The molecule has 4 nitrogen and oxygen atoms in total. The van der Waals surface area contributed by atoms with Crippen LogP contribution in [0, 0.1) is 0 Å². The van der Waals surface area contributed by atoms with Gasteiger partial charge in [-0.3, -0.25) is 4.79 Å². The number of ether oxygens (including phenoxy) is 2. The second kappa shape index (κ2) is 8.53. The van der Waals surface area contributed by atoms with E-state index in [1.807, 2.05) is 6.92 Å². The zero-order valence-corrected chi connectivity index (χ0v) is 16.6. The molecule has 2 aromatic carbocycles. The lowest BCUT2D eigenvalue weighted by atomic mass is 9.93. The van der Waals surface area contributed by atoms with Crippen molar-refractivity contribution >= 4 is 17.5 Å². The molecule has 0 atom stereocenters. The smallest absolute Gasteiger partial charge is 0.419 e. The summed E-state index contributed by atoms with van der Waals surface area (Å²) >= 11 is 5.88. The van der Waals surface area contributed by atoms with Gasteiger partial charge in [0.15, 0.2) is 6.61 Å². The topological polar surface area (TPSA) is 38.8 Å². The summed E-state index contributed by atoms with van der Waals surface area (Å²) in [5.74, 6) is 0.000516. The lowest BCUT2D eigenvalue weighted by Crippen LogP contribution is -2.49. The third kappa shape index (κ3) is 5.56. The second-order valence-corrected chi connectivity index (χ2v) is 7.61. The number of piperidine rings is 1. The van der Waals surface area contributed by atoms with Crippen molar-refractivity contribution in [2.45, 2.75) is 31.5 Å². The Bertz CT molecular complexity index is 847. The van der Waals surface area contributed by atoms with E-state index in [0.29, 0.717) is 36.7 Å². The highest BCUT2D eigenvalue weighted by atomic mass is 35.5. The zero-order valence-electron chi connectivity index (χ0n) is 15.8. The van der Waals surface area contributed by atoms with Crippen molar-refractivity contribution in [2.24, 2.45) is 0 Å². The van der Waals surface area contributed by atoms with Crippen molar-refractivity contribution in [3.63, 3.8) is 0 Å². The van der Waals surface area contributed by atoms with Crippen LogP contribution >= 0.6 is 11.6 Å². The van der Waals surface area contributed by atoms with Crippen molar-refractivity contribution in [3.05, 3.63) is 59.1 Å². The monoisotopic (exact) mass is 427 g/mol. The molecule has 1 saturated heterocycles. The molecule has 0 unspecified atom stereocenters. The summed E-state index contributed by atoms with van der Waals surface area (Å²) in [6, 6.07) is 11.9. The van der Waals surface area contributed by atoms with Crippen LogP contribution in [0.3, 0.4) is 0 Å². The Labute approximate surface area is 172 Å². The van der Waals surface area contributed by atoms with Crippen molar-refractivity contribution in [2.75, 3.05) is 19.7 Å². The first-order chi connectivity index (χ1) is 13.7. The average molecular weight is 428 g/mol. The number of nitrogens with zero attached hydrogens (tertiary/aromatic N) is 1. The molecule has 156 valence electrons. The van der Waals surface area contributed by atoms with E-state index in [-0.39, 0.29) is 11.7 Å². The first-order valence-electron chi connectivity index (χ1n) is 9.18. The molecule has 0 saturated carbocycles. The maximum Gasteiger partial charge on any atom is 0.419 e. The standard InChI is InChI=1S/C21H21ClF3NO3/c1-20(29-16-8-6-15(22)7-9-16)10-12-26(13-11-20)19(27)14-28-18-5-3-2-4-17(18)21(23,24)25/h2-9H,10-14H2,1H3. The van der Waals surface area contributed by atoms with Crippen LogP contribution < -0.4 is 9.47 Å². The van der Waals surface area contributed by atoms with E-state index in [4.69, 9.17) is 21.1 Å². The van der Waals surface area contributed by atoms with Crippen LogP contribution in [0.25, 0.3) is 0 Å². The van der Waals surface area contributed by atoms with Gasteiger partial charge in [0.1, 0.15) is 17.1 Å². The number of benzene rings is 2. The van der Waals surface area contributed by atoms with E-state index in [0.717, 1.165) is 6.07 Å². The Morgan fingerprint density at radius 2 is 1.72 bits per heavy atom. The Morgan fingerprint density at radius 3 is 2.34 bits per heavy atom. The number of para-hydroxylation sites is 1. The van der Waals surface area contributed by atoms with Crippen molar-refractivity contribution in [1.29, 1.82) is 0 Å². The van der Waals surface area contributed by atoms with E-state index in [2.05, 4.69) is 0 Å². The van der Waals surface area contributed by atoms with Crippen molar-refractivity contribution < 1.29 is 27.4 Å². The Hall–Kier alpha value is -2.41. The number of likely N-dealkylation sites (tertiary alicyclic amines) is 1. The van der Waals surface area contributed by atoms with Gasteiger partial charge in [-0.05, 0) is 43.3 Å². The molecular formula is C21H21ClF3NO3. The maximum absolute atomic E-state index is 13.0. The van der Waals surface area contributed by atoms with E-state index >= 15 is 0 Å². The van der Waals surface area contributed by atoms with Gasteiger partial charge in [-0.2, -0.15) is 13.2 Å². The molecule has 1 fully saturated rings. The molecule has 29 heavy (non-hydrogen) atoms. The first-order valence-corrected chi connectivity index (χ1v) is 9.55. The molecule has 3 rings (SSSR count). The highest BCUT2D eigenvalue weighted by Crippen LogP contribution is 2.36. The Kier molecular flexibility index (Phi) is 6.27. The molecule has 2 aromatic rings. The molecule has 0 N–H and O–H groups in total. The van der Waals surface area contributed by atoms with Gasteiger partial charge in [0, 0.05) is 31.0 Å². The largest absolute Gasteiger partial charge is 0.487 e. The number of alkyl halides is 3.